The molecule has 0 radical (unpaired) electrons. The molecule has 24 nitrogen and oxygen atoms in total. The lowest BCUT2D eigenvalue weighted by Crippen LogP contribution is -2.64. The van der Waals surface area contributed by atoms with Crippen LogP contribution in [0.4, 0.5) is 0 Å². The van der Waals surface area contributed by atoms with E-state index < -0.39 is 135 Å². The van der Waals surface area contributed by atoms with Crippen molar-refractivity contribution in [3.8, 4) is 0 Å². The number of carbonyl (C=O) groups excluding carboxylic acids is 3. The Morgan fingerprint density at radius 2 is 0.676 bits per heavy atom. The van der Waals surface area contributed by atoms with Crippen molar-refractivity contribution in [1.29, 1.82) is 0 Å². The molecule has 0 aromatic heterocycles. The number of nitrogens with one attached hydrogen (secondary N) is 3. The Labute approximate surface area is 398 Å². The van der Waals surface area contributed by atoms with Crippen LogP contribution in [-0.2, 0) is 57.0 Å². The average Bonchev–Trinajstić information content (AvgIpc) is 3.29. The number of hydrogen-bond donors (Lipinski definition) is 12. The first-order chi connectivity index (χ1) is 32.5. The third-order valence-electron chi connectivity index (χ3n) is 11.7. The topological polar surface area (TPSA) is 352 Å². The number of amides is 3. The van der Waals surface area contributed by atoms with E-state index in [4.69, 9.17) is 42.6 Å². The Balaban J connectivity index is 1.42. The van der Waals surface area contributed by atoms with Gasteiger partial charge in [-0.05, 0) is 57.8 Å². The maximum absolute atomic E-state index is 11.7. The summed E-state index contributed by atoms with van der Waals surface area (Å²) in [5.74, 6) is -1.31. The molecule has 0 aromatic rings. The van der Waals surface area contributed by atoms with Gasteiger partial charge in [-0.15, -0.1) is 0 Å². The number of aliphatic hydroxyl groups excluding tert-OH is 9. The first kappa shape index (κ1) is 60.0. The summed E-state index contributed by atoms with van der Waals surface area (Å²) in [6, 6.07) is -3.04. The molecule has 0 aliphatic carbocycles. The van der Waals surface area contributed by atoms with Crippen LogP contribution in [0.1, 0.15) is 85.5 Å². The zero-order chi connectivity index (χ0) is 50.2. The molecule has 3 amide bonds. The van der Waals surface area contributed by atoms with Crippen LogP contribution >= 0.6 is 0 Å². The Morgan fingerprint density at radius 1 is 0.426 bits per heavy atom. The van der Waals surface area contributed by atoms with Crippen molar-refractivity contribution in [2.45, 2.75) is 177 Å². The second-order valence-corrected chi connectivity index (χ2v) is 18.1. The fourth-order valence-electron chi connectivity index (χ4n) is 7.97. The standard InChI is InChI=1S/C44H81N3O21/c1-26(51)45-32-38(57)35(54)29(20-48)66-41(32)63-17-11-5-8-14-60-23-44(4,24-61-15-9-6-12-18-64-42-33(46-27(2)52)39(58)36(55)30(21-49)67-42)25-62-16-10-7-13-19-65-43-34(47-28(3)53)40(59)37(56)31(22-50)68-43/h29-43,48-50,54-59H,5-25H2,1-4H3,(H,45,51)(H,46,52)(H,47,53). The molecule has 0 bridgehead atoms. The molecule has 3 aliphatic heterocycles. The maximum atomic E-state index is 11.7. The van der Waals surface area contributed by atoms with Gasteiger partial charge in [0.25, 0.3) is 0 Å². The molecule has 3 saturated heterocycles. The van der Waals surface area contributed by atoms with Crippen LogP contribution in [0.15, 0.2) is 0 Å². The molecule has 0 aromatic carbocycles. The van der Waals surface area contributed by atoms with Gasteiger partial charge in [0.15, 0.2) is 18.9 Å². The van der Waals surface area contributed by atoms with Crippen molar-refractivity contribution in [2.24, 2.45) is 5.41 Å². The second kappa shape index (κ2) is 31.9. The zero-order valence-electron chi connectivity index (χ0n) is 39.9. The summed E-state index contributed by atoms with van der Waals surface area (Å²) in [4.78, 5) is 35.1. The van der Waals surface area contributed by atoms with E-state index in [1.807, 2.05) is 6.92 Å². The number of unbranched alkanes of at least 4 members (excludes halogenated alkanes) is 6. The molecule has 3 aliphatic rings. The molecule has 3 fully saturated rings. The molecular weight excluding hydrogens is 906 g/mol. The van der Waals surface area contributed by atoms with Gasteiger partial charge in [-0.25, -0.2) is 0 Å². The molecule has 68 heavy (non-hydrogen) atoms. The van der Waals surface area contributed by atoms with E-state index in [9.17, 15) is 60.3 Å². The zero-order valence-corrected chi connectivity index (χ0v) is 39.9. The van der Waals surface area contributed by atoms with E-state index in [1.54, 1.807) is 0 Å². The summed E-state index contributed by atoms with van der Waals surface area (Å²) >= 11 is 0. The lowest BCUT2D eigenvalue weighted by Gasteiger charge is -2.42. The number of aliphatic hydroxyl groups is 9. The highest BCUT2D eigenvalue weighted by molar-refractivity contribution is 5.74. The van der Waals surface area contributed by atoms with Gasteiger partial charge in [-0.2, -0.15) is 0 Å². The highest BCUT2D eigenvalue weighted by atomic mass is 16.7. The average molecular weight is 988 g/mol. The van der Waals surface area contributed by atoms with E-state index in [-0.39, 0.29) is 19.8 Å². The smallest absolute Gasteiger partial charge is 0.217 e. The summed E-state index contributed by atoms with van der Waals surface area (Å²) < 4.78 is 52.5. The monoisotopic (exact) mass is 988 g/mol. The van der Waals surface area contributed by atoms with Crippen LogP contribution in [0.25, 0.3) is 0 Å². The first-order valence-corrected chi connectivity index (χ1v) is 23.7. The summed E-state index contributed by atoms with van der Waals surface area (Å²) in [6.45, 7) is 7.20. The maximum Gasteiger partial charge on any atom is 0.217 e. The summed E-state index contributed by atoms with van der Waals surface area (Å²) in [7, 11) is 0. The second-order valence-electron chi connectivity index (χ2n) is 18.1. The molecule has 0 saturated carbocycles. The number of hydrogen-bond acceptors (Lipinski definition) is 21. The van der Waals surface area contributed by atoms with E-state index in [1.165, 1.54) is 20.8 Å². The molecule has 15 atom stereocenters. The minimum Gasteiger partial charge on any atom is -0.394 e. The molecule has 0 spiro atoms. The van der Waals surface area contributed by atoms with Gasteiger partial charge in [0.1, 0.15) is 73.1 Å². The van der Waals surface area contributed by atoms with Crippen LogP contribution in [-0.4, -0.2) is 235 Å². The van der Waals surface area contributed by atoms with Gasteiger partial charge < -0.3 is 105 Å². The summed E-state index contributed by atoms with van der Waals surface area (Å²) in [5, 5.41) is 98.4. The predicted molar refractivity (Wildman–Crippen MR) is 236 cm³/mol. The third kappa shape index (κ3) is 20.1. The van der Waals surface area contributed by atoms with Crippen LogP contribution in [0.2, 0.25) is 0 Å². The van der Waals surface area contributed by atoms with Gasteiger partial charge in [0, 0.05) is 65.8 Å². The highest BCUT2D eigenvalue weighted by Crippen LogP contribution is 2.26. The molecule has 3 heterocycles. The number of carbonyl (C=O) groups is 3. The van der Waals surface area contributed by atoms with E-state index >= 15 is 0 Å². The molecular formula is C44H81N3O21. The van der Waals surface area contributed by atoms with Crippen molar-refractivity contribution in [3.63, 3.8) is 0 Å². The van der Waals surface area contributed by atoms with Gasteiger partial charge >= 0.3 is 0 Å². The van der Waals surface area contributed by atoms with Crippen molar-refractivity contribution in [1.82, 2.24) is 16.0 Å². The Hall–Kier alpha value is -2.31. The first-order valence-electron chi connectivity index (χ1n) is 23.7. The quantitative estimate of drug-likeness (QED) is 0.0283. The van der Waals surface area contributed by atoms with Gasteiger partial charge in [-0.3, -0.25) is 14.4 Å². The normalized spacial score (nSPS) is 32.9. The number of ether oxygens (including phenoxy) is 9. The summed E-state index contributed by atoms with van der Waals surface area (Å²) in [6.07, 6.45) is -8.70. The van der Waals surface area contributed by atoms with Crippen LogP contribution in [0, 0.1) is 5.41 Å². The Kier molecular flexibility index (Phi) is 28.1. The van der Waals surface area contributed by atoms with Crippen molar-refractivity contribution in [3.05, 3.63) is 0 Å². The lowest BCUT2D eigenvalue weighted by molar-refractivity contribution is -0.270. The Bertz CT molecular complexity index is 1260. The molecule has 24 heteroatoms. The van der Waals surface area contributed by atoms with Crippen LogP contribution in [0.3, 0.4) is 0 Å². The number of rotatable bonds is 33. The minimum absolute atomic E-state index is 0.228. The summed E-state index contributed by atoms with van der Waals surface area (Å²) in [5.41, 5.74) is -0.515. The predicted octanol–water partition coefficient (Wildman–Crippen LogP) is -3.57. The minimum atomic E-state index is -1.40. The van der Waals surface area contributed by atoms with Crippen molar-refractivity contribution >= 4 is 17.7 Å². The Morgan fingerprint density at radius 3 is 0.912 bits per heavy atom. The van der Waals surface area contributed by atoms with E-state index in [0.717, 1.165) is 19.3 Å². The van der Waals surface area contributed by atoms with Crippen LogP contribution in [0.5, 0.6) is 0 Å². The third-order valence-corrected chi connectivity index (χ3v) is 11.7. The van der Waals surface area contributed by atoms with Crippen molar-refractivity contribution < 1.29 is 103 Å². The van der Waals surface area contributed by atoms with Crippen molar-refractivity contribution in [2.75, 3.05) is 79.3 Å². The fraction of sp³-hybridized carbons (Fsp3) is 0.932. The highest BCUT2D eigenvalue weighted by Gasteiger charge is 2.47. The fourth-order valence-corrected chi connectivity index (χ4v) is 7.97. The lowest BCUT2D eigenvalue weighted by atomic mass is 9.94. The van der Waals surface area contributed by atoms with Crippen LogP contribution < -0.4 is 16.0 Å². The molecule has 398 valence electrons. The molecule has 3 rings (SSSR count). The van der Waals surface area contributed by atoms with Gasteiger partial charge in [0.2, 0.25) is 17.7 Å². The van der Waals surface area contributed by atoms with E-state index in [0.29, 0.717) is 78.2 Å². The van der Waals surface area contributed by atoms with E-state index in [2.05, 4.69) is 16.0 Å². The largest absolute Gasteiger partial charge is 0.394 e. The molecule has 12 N–H and O–H groups in total. The SMILES string of the molecule is CC(=O)NC1C(OCCCCCOCC(C)(COCCCCCOC2OC(CO)C(O)C(O)C2NC(C)=O)COCCCCCOC2OC(CO)C(O)C(O)C2NC(C)=O)OC(CO)C(O)C1O. The van der Waals surface area contributed by atoms with Gasteiger partial charge in [0.05, 0.1) is 39.6 Å². The van der Waals surface area contributed by atoms with Gasteiger partial charge in [-0.1, -0.05) is 6.92 Å². The molecule has 15 unspecified atom stereocenters.